The van der Waals surface area contributed by atoms with E-state index in [1.165, 1.54) is 19.3 Å². The minimum absolute atomic E-state index is 0. The molecule has 0 spiro atoms. The van der Waals surface area contributed by atoms with Gasteiger partial charge in [-0.15, -0.1) is 24.8 Å². The van der Waals surface area contributed by atoms with E-state index in [1.54, 1.807) is 0 Å². The van der Waals surface area contributed by atoms with E-state index in [0.29, 0.717) is 18.2 Å². The summed E-state index contributed by atoms with van der Waals surface area (Å²) in [7, 11) is 0. The molecule has 0 radical (unpaired) electrons. The molecule has 1 aliphatic heterocycles. The third-order valence-electron chi connectivity index (χ3n) is 4.88. The van der Waals surface area contributed by atoms with E-state index in [-0.39, 0.29) is 30.9 Å². The molecular weight excluding hydrogens is 297 g/mol. The van der Waals surface area contributed by atoms with Gasteiger partial charge in [-0.2, -0.15) is 0 Å². The van der Waals surface area contributed by atoms with Crippen molar-refractivity contribution < 1.29 is 4.79 Å². The molecular formula is C14H27Cl2N3O. The van der Waals surface area contributed by atoms with Crippen molar-refractivity contribution in [3.05, 3.63) is 0 Å². The Morgan fingerprint density at radius 2 is 1.65 bits per heavy atom. The van der Waals surface area contributed by atoms with Gasteiger partial charge in [0.15, 0.2) is 0 Å². The highest BCUT2D eigenvalue weighted by atomic mass is 35.5. The Bertz CT molecular complexity index is 318. The molecule has 118 valence electrons. The van der Waals surface area contributed by atoms with Crippen molar-refractivity contribution in [2.45, 2.75) is 50.6 Å². The average molecular weight is 324 g/mol. The van der Waals surface area contributed by atoms with Crippen molar-refractivity contribution in [3.8, 4) is 0 Å². The van der Waals surface area contributed by atoms with E-state index in [2.05, 4.69) is 9.80 Å². The van der Waals surface area contributed by atoms with Gasteiger partial charge < -0.3 is 10.6 Å². The second-order valence-corrected chi connectivity index (χ2v) is 6.21. The van der Waals surface area contributed by atoms with E-state index >= 15 is 0 Å². The quantitative estimate of drug-likeness (QED) is 0.859. The third-order valence-corrected chi connectivity index (χ3v) is 4.88. The summed E-state index contributed by atoms with van der Waals surface area (Å²) in [4.78, 5) is 16.8. The summed E-state index contributed by atoms with van der Waals surface area (Å²) in [5.41, 5.74) is 6.05. The first-order chi connectivity index (χ1) is 8.74. The van der Waals surface area contributed by atoms with Crippen molar-refractivity contribution in [2.24, 2.45) is 11.7 Å². The van der Waals surface area contributed by atoms with Crippen LogP contribution in [0.25, 0.3) is 0 Å². The lowest BCUT2D eigenvalue weighted by molar-refractivity contribution is -0.134. The Morgan fingerprint density at radius 3 is 2.15 bits per heavy atom. The van der Waals surface area contributed by atoms with Gasteiger partial charge in [0, 0.05) is 44.7 Å². The summed E-state index contributed by atoms with van der Waals surface area (Å²) in [5.74, 6) is 0.784. The molecule has 4 nitrogen and oxygen atoms in total. The van der Waals surface area contributed by atoms with E-state index in [0.717, 1.165) is 45.1 Å². The van der Waals surface area contributed by atoms with Crippen LogP contribution in [0.4, 0.5) is 0 Å². The second-order valence-electron chi connectivity index (χ2n) is 6.21. The minimum Gasteiger partial charge on any atom is -0.340 e. The monoisotopic (exact) mass is 323 g/mol. The van der Waals surface area contributed by atoms with Gasteiger partial charge in [-0.3, -0.25) is 9.69 Å². The lowest BCUT2D eigenvalue weighted by Gasteiger charge is -2.35. The molecule has 0 bridgehead atoms. The summed E-state index contributed by atoms with van der Waals surface area (Å²) < 4.78 is 0. The van der Waals surface area contributed by atoms with Crippen molar-refractivity contribution in [3.63, 3.8) is 0 Å². The second kappa shape index (κ2) is 7.83. The first-order valence-corrected chi connectivity index (χ1v) is 7.51. The van der Waals surface area contributed by atoms with Crippen LogP contribution in [0, 0.1) is 5.92 Å². The van der Waals surface area contributed by atoms with Crippen LogP contribution in [-0.2, 0) is 4.79 Å². The Hall–Kier alpha value is -0.0300. The highest BCUT2D eigenvalue weighted by Gasteiger charge is 2.33. The summed E-state index contributed by atoms with van der Waals surface area (Å²) in [5, 5.41) is 0. The lowest BCUT2D eigenvalue weighted by Crippen LogP contribution is -2.49. The molecule has 2 saturated carbocycles. The van der Waals surface area contributed by atoms with Crippen LogP contribution in [0.15, 0.2) is 0 Å². The molecule has 3 fully saturated rings. The normalized spacial score (nSPS) is 30.6. The van der Waals surface area contributed by atoms with Gasteiger partial charge in [-0.05, 0) is 31.6 Å². The van der Waals surface area contributed by atoms with Crippen molar-refractivity contribution in [1.29, 1.82) is 0 Å². The Balaban J connectivity index is 0.000001000. The van der Waals surface area contributed by atoms with Crippen LogP contribution < -0.4 is 5.73 Å². The van der Waals surface area contributed by atoms with Crippen LogP contribution in [0.5, 0.6) is 0 Å². The number of piperazine rings is 1. The van der Waals surface area contributed by atoms with Crippen LogP contribution >= 0.6 is 24.8 Å². The maximum Gasteiger partial charge on any atom is 0.222 e. The number of hydrogen-bond donors (Lipinski definition) is 1. The van der Waals surface area contributed by atoms with Crippen molar-refractivity contribution >= 4 is 30.7 Å². The maximum atomic E-state index is 12.2. The molecule has 0 aromatic heterocycles. The van der Waals surface area contributed by atoms with E-state index in [4.69, 9.17) is 5.73 Å². The van der Waals surface area contributed by atoms with Crippen LogP contribution in [0.1, 0.15) is 38.5 Å². The smallest absolute Gasteiger partial charge is 0.222 e. The SMILES string of the molecule is Cl.Cl.N[C@@H]1CCC[C@H]1CC(=O)N1CCN(C2CC2)CC1. The standard InChI is InChI=1S/C14H25N3O.2ClH/c15-13-3-1-2-11(13)10-14(18)17-8-6-16(7-9-17)12-4-5-12;;/h11-13H,1-10,15H2;2*1H/t11-,13+;;/m0../s1. The fourth-order valence-corrected chi connectivity index (χ4v) is 3.45. The summed E-state index contributed by atoms with van der Waals surface area (Å²) >= 11 is 0. The maximum absolute atomic E-state index is 12.2. The van der Waals surface area contributed by atoms with Gasteiger partial charge in [-0.25, -0.2) is 0 Å². The predicted molar refractivity (Wildman–Crippen MR) is 85.6 cm³/mol. The molecule has 3 aliphatic rings. The van der Waals surface area contributed by atoms with Crippen molar-refractivity contribution in [1.82, 2.24) is 9.80 Å². The Morgan fingerprint density at radius 1 is 1.00 bits per heavy atom. The summed E-state index contributed by atoms with van der Waals surface area (Å²) in [6.45, 7) is 4.01. The predicted octanol–water partition coefficient (Wildman–Crippen LogP) is 1.65. The number of nitrogens with two attached hydrogens (primary N) is 1. The van der Waals surface area contributed by atoms with E-state index in [1.807, 2.05) is 0 Å². The largest absolute Gasteiger partial charge is 0.340 e. The molecule has 1 heterocycles. The third kappa shape index (κ3) is 4.23. The number of carbonyl (C=O) groups is 1. The van der Waals surface area contributed by atoms with Gasteiger partial charge in [0.2, 0.25) is 5.91 Å². The Kier molecular flexibility index (Phi) is 7.06. The van der Waals surface area contributed by atoms with Gasteiger partial charge in [0.1, 0.15) is 0 Å². The van der Waals surface area contributed by atoms with E-state index in [9.17, 15) is 4.79 Å². The fourth-order valence-electron chi connectivity index (χ4n) is 3.45. The molecule has 3 rings (SSSR count). The van der Waals surface area contributed by atoms with Crippen LogP contribution in [0.3, 0.4) is 0 Å². The van der Waals surface area contributed by atoms with Crippen LogP contribution in [0.2, 0.25) is 0 Å². The summed E-state index contributed by atoms with van der Waals surface area (Å²) in [6.07, 6.45) is 6.87. The van der Waals surface area contributed by atoms with Gasteiger partial charge in [0.05, 0.1) is 0 Å². The van der Waals surface area contributed by atoms with E-state index < -0.39 is 0 Å². The highest BCUT2D eigenvalue weighted by Crippen LogP contribution is 2.29. The summed E-state index contributed by atoms with van der Waals surface area (Å²) in [6, 6.07) is 1.10. The highest BCUT2D eigenvalue weighted by molar-refractivity contribution is 5.85. The number of nitrogens with zero attached hydrogens (tertiary/aromatic N) is 2. The molecule has 2 N–H and O–H groups in total. The molecule has 0 unspecified atom stereocenters. The molecule has 20 heavy (non-hydrogen) atoms. The molecule has 6 heteroatoms. The van der Waals surface area contributed by atoms with Crippen molar-refractivity contribution in [2.75, 3.05) is 26.2 Å². The number of rotatable bonds is 3. The number of carbonyl (C=O) groups excluding carboxylic acids is 1. The lowest BCUT2D eigenvalue weighted by atomic mass is 9.99. The van der Waals surface area contributed by atoms with Gasteiger partial charge in [0.25, 0.3) is 0 Å². The number of amides is 1. The zero-order valence-corrected chi connectivity index (χ0v) is 13.6. The molecule has 0 aromatic carbocycles. The van der Waals surface area contributed by atoms with Gasteiger partial charge >= 0.3 is 0 Å². The zero-order chi connectivity index (χ0) is 12.5. The molecule has 2 atom stereocenters. The molecule has 2 aliphatic carbocycles. The zero-order valence-electron chi connectivity index (χ0n) is 12.0. The number of hydrogen-bond acceptors (Lipinski definition) is 3. The van der Waals surface area contributed by atoms with Gasteiger partial charge in [-0.1, -0.05) is 6.42 Å². The molecule has 0 aromatic rings. The molecule has 1 amide bonds. The first-order valence-electron chi connectivity index (χ1n) is 7.51. The topological polar surface area (TPSA) is 49.6 Å². The fraction of sp³-hybridized carbons (Fsp3) is 0.929. The Labute approximate surface area is 134 Å². The molecule has 1 saturated heterocycles. The minimum atomic E-state index is 0. The first kappa shape index (κ1) is 18.0. The average Bonchev–Trinajstić information content (AvgIpc) is 3.16. The number of halogens is 2. The van der Waals surface area contributed by atoms with Crippen LogP contribution in [-0.4, -0.2) is 54.0 Å².